The normalized spacial score (nSPS) is 16.8. The standard InChI is InChI=1S/C19H20ClN3OS2/c1-2-3-13-8-14-15(9-24-13)26-18-16(14)17(21)22-19(23-18)25-10-11-4-6-12(20)7-5-11/h4-7,13H,2-3,8-10H2,1H3,(H2,21,22,23)/t13-/m0/s1. The fourth-order valence-corrected chi connectivity index (χ4v) is 5.35. The van der Waals surface area contributed by atoms with Gasteiger partial charge in [0.25, 0.3) is 0 Å². The van der Waals surface area contributed by atoms with Gasteiger partial charge in [-0.15, -0.1) is 11.3 Å². The first kappa shape index (κ1) is 18.0. The number of anilines is 1. The van der Waals surface area contributed by atoms with Crippen LogP contribution in [0, 0.1) is 0 Å². The number of nitrogens with two attached hydrogens (primary N) is 1. The number of halogens is 1. The van der Waals surface area contributed by atoms with E-state index in [1.807, 2.05) is 24.3 Å². The number of nitrogen functional groups attached to an aromatic ring is 1. The Kier molecular flexibility index (Phi) is 5.36. The third kappa shape index (κ3) is 3.69. The van der Waals surface area contributed by atoms with Gasteiger partial charge in [-0.1, -0.05) is 48.8 Å². The summed E-state index contributed by atoms with van der Waals surface area (Å²) in [5.74, 6) is 1.37. The highest BCUT2D eigenvalue weighted by atomic mass is 35.5. The lowest BCUT2D eigenvalue weighted by Gasteiger charge is -2.22. The van der Waals surface area contributed by atoms with Gasteiger partial charge in [0.05, 0.1) is 18.1 Å². The van der Waals surface area contributed by atoms with Gasteiger partial charge in [0.2, 0.25) is 0 Å². The Hall–Kier alpha value is -1.34. The van der Waals surface area contributed by atoms with Gasteiger partial charge in [0.15, 0.2) is 5.16 Å². The van der Waals surface area contributed by atoms with Crippen molar-refractivity contribution in [2.75, 3.05) is 5.73 Å². The number of hydrogen-bond acceptors (Lipinski definition) is 6. The topological polar surface area (TPSA) is 61.0 Å². The molecule has 0 bridgehead atoms. The van der Waals surface area contributed by atoms with Crippen LogP contribution in [0.2, 0.25) is 5.02 Å². The molecule has 4 nitrogen and oxygen atoms in total. The number of fused-ring (bicyclic) bond motifs is 3. The van der Waals surface area contributed by atoms with Gasteiger partial charge in [-0.3, -0.25) is 0 Å². The maximum Gasteiger partial charge on any atom is 0.191 e. The molecule has 136 valence electrons. The Labute approximate surface area is 166 Å². The summed E-state index contributed by atoms with van der Waals surface area (Å²) in [5.41, 5.74) is 8.79. The first-order valence-corrected chi connectivity index (χ1v) is 10.9. The molecular weight excluding hydrogens is 386 g/mol. The smallest absolute Gasteiger partial charge is 0.191 e. The number of hydrogen-bond donors (Lipinski definition) is 1. The number of aromatic nitrogens is 2. The van der Waals surface area contributed by atoms with Gasteiger partial charge in [-0.2, -0.15) is 0 Å². The summed E-state index contributed by atoms with van der Waals surface area (Å²) in [5, 5.41) is 2.49. The van der Waals surface area contributed by atoms with E-state index in [1.165, 1.54) is 16.0 Å². The summed E-state index contributed by atoms with van der Waals surface area (Å²) < 4.78 is 5.96. The average molecular weight is 406 g/mol. The number of thiophene rings is 1. The van der Waals surface area contributed by atoms with Gasteiger partial charge in [-0.25, -0.2) is 9.97 Å². The number of ether oxygens (including phenoxy) is 1. The zero-order valence-electron chi connectivity index (χ0n) is 14.5. The lowest BCUT2D eigenvalue weighted by atomic mass is 10.0. The van der Waals surface area contributed by atoms with Crippen molar-refractivity contribution in [2.24, 2.45) is 0 Å². The molecule has 0 radical (unpaired) electrons. The summed E-state index contributed by atoms with van der Waals surface area (Å²) in [4.78, 5) is 11.5. The maximum absolute atomic E-state index is 6.32. The van der Waals surface area contributed by atoms with Crippen LogP contribution < -0.4 is 5.73 Å². The SMILES string of the molecule is CCC[C@H]1Cc2c(sc3nc(SCc4ccc(Cl)cc4)nc(N)c23)CO1. The van der Waals surface area contributed by atoms with E-state index in [-0.39, 0.29) is 6.10 Å². The maximum atomic E-state index is 6.32. The predicted molar refractivity (Wildman–Crippen MR) is 110 cm³/mol. The molecule has 0 saturated carbocycles. The van der Waals surface area contributed by atoms with E-state index in [0.29, 0.717) is 12.4 Å². The van der Waals surface area contributed by atoms with Crippen molar-refractivity contribution in [1.29, 1.82) is 0 Å². The number of benzene rings is 1. The number of thioether (sulfide) groups is 1. The van der Waals surface area contributed by atoms with Gasteiger partial charge in [0.1, 0.15) is 10.6 Å². The largest absolute Gasteiger partial charge is 0.383 e. The Morgan fingerprint density at radius 3 is 2.88 bits per heavy atom. The number of rotatable bonds is 5. The van der Waals surface area contributed by atoms with Crippen molar-refractivity contribution in [3.8, 4) is 0 Å². The molecule has 1 atom stereocenters. The third-order valence-electron chi connectivity index (χ3n) is 4.52. The van der Waals surface area contributed by atoms with E-state index in [0.717, 1.165) is 45.4 Å². The van der Waals surface area contributed by atoms with Crippen LogP contribution in [0.25, 0.3) is 10.2 Å². The molecule has 2 N–H and O–H groups in total. The van der Waals surface area contributed by atoms with Gasteiger partial charge < -0.3 is 10.5 Å². The Morgan fingerprint density at radius 2 is 2.12 bits per heavy atom. The van der Waals surface area contributed by atoms with Gasteiger partial charge >= 0.3 is 0 Å². The number of nitrogens with zero attached hydrogens (tertiary/aromatic N) is 2. The first-order chi connectivity index (χ1) is 12.6. The molecule has 0 fully saturated rings. The second kappa shape index (κ2) is 7.72. The van der Waals surface area contributed by atoms with Crippen LogP contribution in [-0.2, 0) is 23.5 Å². The molecule has 3 aromatic rings. The van der Waals surface area contributed by atoms with Crippen LogP contribution in [0.1, 0.15) is 35.8 Å². The molecule has 26 heavy (non-hydrogen) atoms. The summed E-state index contributed by atoms with van der Waals surface area (Å²) in [6.45, 7) is 2.85. The molecule has 0 saturated heterocycles. The van der Waals surface area contributed by atoms with Crippen molar-refractivity contribution >= 4 is 50.7 Å². The molecule has 0 spiro atoms. The van der Waals surface area contributed by atoms with Crippen molar-refractivity contribution in [1.82, 2.24) is 9.97 Å². The fraction of sp³-hybridized carbons (Fsp3) is 0.368. The first-order valence-electron chi connectivity index (χ1n) is 8.70. The van der Waals surface area contributed by atoms with Crippen LogP contribution in [0.4, 0.5) is 5.82 Å². The second-order valence-corrected chi connectivity index (χ2v) is 8.88. The molecule has 1 aliphatic rings. The molecule has 1 aliphatic heterocycles. The Bertz CT molecular complexity index is 927. The Balaban J connectivity index is 1.58. The van der Waals surface area contributed by atoms with Crippen LogP contribution in [0.15, 0.2) is 29.4 Å². The van der Waals surface area contributed by atoms with Gasteiger partial charge in [-0.05, 0) is 29.7 Å². The van der Waals surface area contributed by atoms with E-state index in [2.05, 4.69) is 11.9 Å². The van der Waals surface area contributed by atoms with Crippen molar-refractivity contribution in [3.05, 3.63) is 45.3 Å². The minimum Gasteiger partial charge on any atom is -0.383 e. The van der Waals surface area contributed by atoms with Gasteiger partial charge in [0, 0.05) is 22.1 Å². The fourth-order valence-electron chi connectivity index (χ4n) is 3.22. The highest BCUT2D eigenvalue weighted by molar-refractivity contribution is 7.98. The van der Waals surface area contributed by atoms with E-state index < -0.39 is 0 Å². The lowest BCUT2D eigenvalue weighted by Crippen LogP contribution is -2.21. The quantitative estimate of drug-likeness (QED) is 0.451. The molecule has 0 unspecified atom stereocenters. The van der Waals surface area contributed by atoms with Crippen molar-refractivity contribution in [3.63, 3.8) is 0 Å². The molecule has 4 rings (SSSR count). The molecule has 2 aromatic heterocycles. The van der Waals surface area contributed by atoms with Crippen molar-refractivity contribution < 1.29 is 4.74 Å². The summed E-state index contributed by atoms with van der Waals surface area (Å²) in [7, 11) is 0. The molecule has 0 amide bonds. The molecule has 1 aromatic carbocycles. The van der Waals surface area contributed by atoms with E-state index in [1.54, 1.807) is 23.1 Å². The third-order valence-corrected chi connectivity index (χ3v) is 6.79. The highest BCUT2D eigenvalue weighted by Gasteiger charge is 2.25. The van der Waals surface area contributed by atoms with Crippen molar-refractivity contribution in [2.45, 2.75) is 49.8 Å². The molecule has 7 heteroatoms. The van der Waals surface area contributed by atoms with Crippen LogP contribution in [-0.4, -0.2) is 16.1 Å². The average Bonchev–Trinajstić information content (AvgIpc) is 3.00. The zero-order chi connectivity index (χ0) is 18.1. The van der Waals surface area contributed by atoms with E-state index in [4.69, 9.17) is 27.1 Å². The zero-order valence-corrected chi connectivity index (χ0v) is 16.9. The predicted octanol–water partition coefficient (Wildman–Crippen LogP) is 5.46. The van der Waals surface area contributed by atoms with Crippen LogP contribution >= 0.6 is 34.7 Å². The summed E-state index contributed by atoms with van der Waals surface area (Å²) >= 11 is 9.22. The molecule has 3 heterocycles. The molecule has 0 aliphatic carbocycles. The summed E-state index contributed by atoms with van der Waals surface area (Å²) in [6, 6.07) is 7.84. The monoisotopic (exact) mass is 405 g/mol. The van der Waals surface area contributed by atoms with E-state index in [9.17, 15) is 0 Å². The summed E-state index contributed by atoms with van der Waals surface area (Å²) in [6.07, 6.45) is 3.39. The van der Waals surface area contributed by atoms with Crippen LogP contribution in [0.5, 0.6) is 0 Å². The van der Waals surface area contributed by atoms with E-state index >= 15 is 0 Å². The highest BCUT2D eigenvalue weighted by Crippen LogP contribution is 2.39. The second-order valence-electron chi connectivity index (χ2n) is 6.42. The lowest BCUT2D eigenvalue weighted by molar-refractivity contribution is 0.0254. The minimum absolute atomic E-state index is 0.281. The minimum atomic E-state index is 0.281. The van der Waals surface area contributed by atoms with Crippen LogP contribution in [0.3, 0.4) is 0 Å². The Morgan fingerprint density at radius 1 is 1.31 bits per heavy atom. The molecular formula is C19H20ClN3OS2.